The van der Waals surface area contributed by atoms with Gasteiger partial charge in [-0.1, -0.05) is 18.2 Å². The van der Waals surface area contributed by atoms with Crippen molar-refractivity contribution < 1.29 is 4.79 Å². The highest BCUT2D eigenvalue weighted by molar-refractivity contribution is 7.12. The number of hydrogen-bond donors (Lipinski definition) is 2. The third-order valence-corrected chi connectivity index (χ3v) is 4.81. The van der Waals surface area contributed by atoms with Crippen LogP contribution in [-0.2, 0) is 0 Å². The Labute approximate surface area is 144 Å². The molecule has 3 rings (SSSR count). The molecule has 5 nitrogen and oxygen atoms in total. The molecular formula is C18H18N4OS. The molecule has 2 heterocycles. The van der Waals surface area contributed by atoms with E-state index in [-0.39, 0.29) is 5.91 Å². The Balaban J connectivity index is 1.74. The molecule has 122 valence electrons. The zero-order valence-electron chi connectivity index (χ0n) is 13.8. The number of aryl methyl sites for hydroxylation is 2. The van der Waals surface area contributed by atoms with Gasteiger partial charge >= 0.3 is 0 Å². The third kappa shape index (κ3) is 3.44. The Bertz CT molecular complexity index is 894. The molecule has 0 aliphatic heterocycles. The zero-order valence-corrected chi connectivity index (χ0v) is 14.6. The smallest absolute Gasteiger partial charge is 0.272 e. The molecule has 2 N–H and O–H groups in total. The lowest BCUT2D eigenvalue weighted by atomic mass is 10.0. The molecule has 2 aromatic heterocycles. The van der Waals surface area contributed by atoms with Crippen LogP contribution in [0.5, 0.6) is 0 Å². The lowest BCUT2D eigenvalue weighted by molar-refractivity contribution is 0.0950. The van der Waals surface area contributed by atoms with Crippen LogP contribution in [0.1, 0.15) is 33.4 Å². The molecule has 3 aromatic rings. The van der Waals surface area contributed by atoms with Gasteiger partial charge < -0.3 is 0 Å². The minimum atomic E-state index is -0.312. The van der Waals surface area contributed by atoms with Crippen molar-refractivity contribution in [3.05, 3.63) is 63.5 Å². The van der Waals surface area contributed by atoms with Gasteiger partial charge in [-0.3, -0.25) is 9.89 Å². The SMILES string of the molecule is C/C(=N/NC(=O)c1cc(-c2ccc(C)c(C)c2)n[nH]1)c1cccs1. The molecular weight excluding hydrogens is 320 g/mol. The van der Waals surface area contributed by atoms with E-state index in [1.54, 1.807) is 17.4 Å². The Morgan fingerprint density at radius 2 is 2.04 bits per heavy atom. The minimum Gasteiger partial charge on any atom is -0.272 e. The molecule has 6 heteroatoms. The van der Waals surface area contributed by atoms with Crippen molar-refractivity contribution in [2.75, 3.05) is 0 Å². The van der Waals surface area contributed by atoms with E-state index in [0.29, 0.717) is 5.69 Å². The van der Waals surface area contributed by atoms with Gasteiger partial charge in [0, 0.05) is 10.4 Å². The second-order valence-corrected chi connectivity index (χ2v) is 6.53. The number of rotatable bonds is 4. The summed E-state index contributed by atoms with van der Waals surface area (Å²) in [6.07, 6.45) is 0. The molecule has 0 unspecified atom stereocenters. The van der Waals surface area contributed by atoms with Crippen molar-refractivity contribution in [3.8, 4) is 11.3 Å². The fraction of sp³-hybridized carbons (Fsp3) is 0.167. The molecule has 0 saturated heterocycles. The van der Waals surface area contributed by atoms with Crippen molar-refractivity contribution >= 4 is 23.0 Å². The Kier molecular flexibility index (Phi) is 4.57. The number of thiophene rings is 1. The maximum absolute atomic E-state index is 12.2. The number of amides is 1. The van der Waals surface area contributed by atoms with Gasteiger partial charge in [-0.25, -0.2) is 5.43 Å². The summed E-state index contributed by atoms with van der Waals surface area (Å²) in [6.45, 7) is 5.98. The van der Waals surface area contributed by atoms with Gasteiger partial charge in [-0.15, -0.1) is 11.3 Å². The molecule has 0 aliphatic rings. The first-order chi connectivity index (χ1) is 11.5. The van der Waals surface area contributed by atoms with E-state index in [9.17, 15) is 4.79 Å². The second-order valence-electron chi connectivity index (χ2n) is 5.58. The highest BCUT2D eigenvalue weighted by Crippen LogP contribution is 2.20. The summed E-state index contributed by atoms with van der Waals surface area (Å²) < 4.78 is 0. The van der Waals surface area contributed by atoms with Gasteiger partial charge in [0.15, 0.2) is 0 Å². The first kappa shape index (κ1) is 16.1. The van der Waals surface area contributed by atoms with Crippen LogP contribution in [0.4, 0.5) is 0 Å². The molecule has 0 spiro atoms. The predicted molar refractivity (Wildman–Crippen MR) is 97.5 cm³/mol. The molecule has 0 atom stereocenters. The van der Waals surface area contributed by atoms with E-state index in [1.165, 1.54) is 11.1 Å². The monoisotopic (exact) mass is 338 g/mol. The van der Waals surface area contributed by atoms with Crippen LogP contribution in [0.15, 0.2) is 46.9 Å². The summed E-state index contributed by atoms with van der Waals surface area (Å²) >= 11 is 1.58. The predicted octanol–water partition coefficient (Wildman–Crippen LogP) is 3.91. The number of carbonyl (C=O) groups excluding carboxylic acids is 1. The number of benzene rings is 1. The van der Waals surface area contributed by atoms with Crippen LogP contribution in [0.3, 0.4) is 0 Å². The zero-order chi connectivity index (χ0) is 17.1. The number of hydrogen-bond acceptors (Lipinski definition) is 4. The number of hydrazone groups is 1. The van der Waals surface area contributed by atoms with E-state index in [1.807, 2.05) is 36.6 Å². The van der Waals surface area contributed by atoms with Crippen LogP contribution in [0, 0.1) is 13.8 Å². The molecule has 0 bridgehead atoms. The number of nitrogens with one attached hydrogen (secondary N) is 2. The van der Waals surface area contributed by atoms with Crippen molar-refractivity contribution in [2.24, 2.45) is 5.10 Å². The Hall–Kier alpha value is -2.73. The minimum absolute atomic E-state index is 0.312. The van der Waals surface area contributed by atoms with Crippen LogP contribution in [-0.4, -0.2) is 21.8 Å². The third-order valence-electron chi connectivity index (χ3n) is 3.83. The van der Waals surface area contributed by atoms with E-state index in [2.05, 4.69) is 40.6 Å². The van der Waals surface area contributed by atoms with E-state index >= 15 is 0 Å². The summed E-state index contributed by atoms with van der Waals surface area (Å²) in [6, 6.07) is 11.8. The number of H-pyrrole nitrogens is 1. The second kappa shape index (κ2) is 6.80. The van der Waals surface area contributed by atoms with Crippen molar-refractivity contribution in [1.29, 1.82) is 0 Å². The van der Waals surface area contributed by atoms with Crippen molar-refractivity contribution in [3.63, 3.8) is 0 Å². The topological polar surface area (TPSA) is 70.1 Å². The lowest BCUT2D eigenvalue weighted by Crippen LogP contribution is -2.19. The average Bonchev–Trinajstić information content (AvgIpc) is 3.26. The van der Waals surface area contributed by atoms with E-state index < -0.39 is 0 Å². The molecule has 0 saturated carbocycles. The molecule has 0 aliphatic carbocycles. The number of carbonyl (C=O) groups is 1. The molecule has 1 amide bonds. The standard InChI is InChI=1S/C18H18N4OS/c1-11-6-7-14(9-12(11)2)15-10-16(21-20-15)18(23)22-19-13(3)17-5-4-8-24-17/h4-10H,1-3H3,(H,20,21)(H,22,23)/b19-13-. The van der Waals surface area contributed by atoms with Gasteiger partial charge in [-0.05, 0) is 55.5 Å². The van der Waals surface area contributed by atoms with E-state index in [0.717, 1.165) is 21.8 Å². The van der Waals surface area contributed by atoms with Gasteiger partial charge in [0.05, 0.1) is 11.4 Å². The quantitative estimate of drug-likeness (QED) is 0.559. The summed E-state index contributed by atoms with van der Waals surface area (Å²) in [5, 5.41) is 13.1. The first-order valence-corrected chi connectivity index (χ1v) is 8.44. The largest absolute Gasteiger partial charge is 0.289 e. The lowest BCUT2D eigenvalue weighted by Gasteiger charge is -2.01. The van der Waals surface area contributed by atoms with Crippen LogP contribution < -0.4 is 5.43 Å². The van der Waals surface area contributed by atoms with E-state index in [4.69, 9.17) is 0 Å². The average molecular weight is 338 g/mol. The fourth-order valence-electron chi connectivity index (χ4n) is 2.22. The maximum atomic E-state index is 12.2. The van der Waals surface area contributed by atoms with Crippen LogP contribution in [0.25, 0.3) is 11.3 Å². The molecule has 0 fully saturated rings. The normalized spacial score (nSPS) is 11.5. The highest BCUT2D eigenvalue weighted by Gasteiger charge is 2.11. The van der Waals surface area contributed by atoms with Crippen molar-refractivity contribution in [1.82, 2.24) is 15.6 Å². The molecule has 1 aromatic carbocycles. The van der Waals surface area contributed by atoms with Crippen LogP contribution >= 0.6 is 11.3 Å². The fourth-order valence-corrected chi connectivity index (χ4v) is 2.90. The summed E-state index contributed by atoms with van der Waals surface area (Å²) in [7, 11) is 0. The first-order valence-electron chi connectivity index (χ1n) is 7.56. The molecule has 0 radical (unpaired) electrons. The number of nitrogens with zero attached hydrogens (tertiary/aromatic N) is 2. The summed E-state index contributed by atoms with van der Waals surface area (Å²) in [5.41, 5.74) is 7.84. The van der Waals surface area contributed by atoms with Gasteiger partial charge in [0.25, 0.3) is 5.91 Å². The highest BCUT2D eigenvalue weighted by atomic mass is 32.1. The molecule has 24 heavy (non-hydrogen) atoms. The Morgan fingerprint density at radius 1 is 1.21 bits per heavy atom. The number of aromatic amines is 1. The summed E-state index contributed by atoms with van der Waals surface area (Å²) in [5.74, 6) is -0.312. The van der Waals surface area contributed by atoms with Gasteiger partial charge in [0.2, 0.25) is 0 Å². The van der Waals surface area contributed by atoms with Crippen LogP contribution in [0.2, 0.25) is 0 Å². The maximum Gasteiger partial charge on any atom is 0.289 e. The van der Waals surface area contributed by atoms with Gasteiger partial charge in [0.1, 0.15) is 5.69 Å². The summed E-state index contributed by atoms with van der Waals surface area (Å²) in [4.78, 5) is 13.2. The Morgan fingerprint density at radius 3 is 2.75 bits per heavy atom. The van der Waals surface area contributed by atoms with Gasteiger partial charge in [-0.2, -0.15) is 10.2 Å². The number of aromatic nitrogens is 2. The van der Waals surface area contributed by atoms with Crippen molar-refractivity contribution in [2.45, 2.75) is 20.8 Å².